The van der Waals surface area contributed by atoms with Crippen molar-refractivity contribution in [3.8, 4) is 0 Å². The molecule has 3 nitrogen and oxygen atoms in total. The largest absolute Gasteiger partial charge is 0.327 e. The van der Waals surface area contributed by atoms with Gasteiger partial charge in [0.05, 0.1) is 16.4 Å². The second kappa shape index (κ2) is 6.37. The van der Waals surface area contributed by atoms with E-state index in [1.807, 2.05) is 6.92 Å². The molecule has 1 fully saturated rings. The van der Waals surface area contributed by atoms with Gasteiger partial charge in [0.15, 0.2) is 0 Å². The average Bonchev–Trinajstić information content (AvgIpc) is 3.06. The molecule has 0 N–H and O–H groups in total. The molecule has 1 atom stereocenters. The first-order chi connectivity index (χ1) is 10.1. The molecule has 2 aromatic rings. The van der Waals surface area contributed by atoms with Gasteiger partial charge in [0.1, 0.15) is 5.82 Å². The molecule has 1 aromatic carbocycles. The Hall–Kier alpha value is -1.06. The van der Waals surface area contributed by atoms with Crippen LogP contribution in [0, 0.1) is 6.92 Å². The summed E-state index contributed by atoms with van der Waals surface area (Å²) in [6, 6.07) is 6.48. The van der Waals surface area contributed by atoms with Crippen molar-refractivity contribution in [2.75, 3.05) is 19.6 Å². The van der Waals surface area contributed by atoms with E-state index in [0.717, 1.165) is 24.3 Å². The van der Waals surface area contributed by atoms with E-state index in [-0.39, 0.29) is 5.38 Å². The van der Waals surface area contributed by atoms with E-state index in [0.29, 0.717) is 0 Å². The zero-order chi connectivity index (χ0) is 14.8. The van der Waals surface area contributed by atoms with E-state index in [9.17, 15) is 0 Å². The van der Waals surface area contributed by atoms with Crippen LogP contribution in [0.5, 0.6) is 0 Å². The molecule has 114 valence electrons. The maximum atomic E-state index is 6.33. The molecule has 4 heteroatoms. The number of aromatic nitrogens is 2. The van der Waals surface area contributed by atoms with E-state index >= 15 is 0 Å². The smallest absolute Gasteiger partial charge is 0.127 e. The normalized spacial score (nSPS) is 17.7. The van der Waals surface area contributed by atoms with Gasteiger partial charge in [-0.05, 0) is 70.4 Å². The summed E-state index contributed by atoms with van der Waals surface area (Å²) in [5.41, 5.74) is 3.53. The monoisotopic (exact) mass is 305 g/mol. The van der Waals surface area contributed by atoms with E-state index in [2.05, 4.69) is 34.6 Å². The first-order valence-electron chi connectivity index (χ1n) is 7.98. The molecule has 2 heterocycles. The van der Waals surface area contributed by atoms with Crippen LogP contribution in [0.1, 0.15) is 43.0 Å². The van der Waals surface area contributed by atoms with Gasteiger partial charge < -0.3 is 9.47 Å². The second-order valence-corrected chi connectivity index (χ2v) is 6.79. The lowest BCUT2D eigenvalue weighted by Crippen LogP contribution is -2.21. The fraction of sp³-hybridized carbons (Fsp3) is 0.588. The lowest BCUT2D eigenvalue weighted by atomic mass is 10.2. The van der Waals surface area contributed by atoms with Crippen molar-refractivity contribution in [1.82, 2.24) is 14.5 Å². The Balaban J connectivity index is 1.79. The predicted molar refractivity (Wildman–Crippen MR) is 89.0 cm³/mol. The van der Waals surface area contributed by atoms with Gasteiger partial charge in [0.25, 0.3) is 0 Å². The summed E-state index contributed by atoms with van der Waals surface area (Å²) in [6.07, 6.45) is 3.88. The second-order valence-electron chi connectivity index (χ2n) is 6.13. The van der Waals surface area contributed by atoms with Crippen LogP contribution in [0.25, 0.3) is 11.0 Å². The third-order valence-corrected chi connectivity index (χ3v) is 4.54. The SMILES string of the molecule is Cc1ccc2c(c1)nc(C(C)Cl)n2CCCN1CCCC1. The zero-order valence-corrected chi connectivity index (χ0v) is 13.7. The predicted octanol–water partition coefficient (Wildman–Crippen LogP) is 4.13. The van der Waals surface area contributed by atoms with Crippen molar-refractivity contribution in [1.29, 1.82) is 0 Å². The van der Waals surface area contributed by atoms with Gasteiger partial charge in [0, 0.05) is 6.54 Å². The molecule has 1 unspecified atom stereocenters. The van der Waals surface area contributed by atoms with Crippen LogP contribution in [-0.4, -0.2) is 34.1 Å². The number of hydrogen-bond donors (Lipinski definition) is 0. The van der Waals surface area contributed by atoms with Gasteiger partial charge in [-0.15, -0.1) is 11.6 Å². The van der Waals surface area contributed by atoms with Crippen LogP contribution in [-0.2, 0) is 6.54 Å². The number of imidazole rings is 1. The number of nitrogens with zero attached hydrogens (tertiary/aromatic N) is 3. The van der Waals surface area contributed by atoms with E-state index in [1.54, 1.807) is 0 Å². The van der Waals surface area contributed by atoms with E-state index < -0.39 is 0 Å². The van der Waals surface area contributed by atoms with E-state index in [1.165, 1.54) is 43.6 Å². The maximum absolute atomic E-state index is 6.33. The van der Waals surface area contributed by atoms with Gasteiger partial charge in [-0.25, -0.2) is 4.98 Å². The molecule has 1 aromatic heterocycles. The summed E-state index contributed by atoms with van der Waals surface area (Å²) in [6.45, 7) is 8.83. The Kier molecular flexibility index (Phi) is 4.51. The number of aryl methyl sites for hydroxylation is 2. The van der Waals surface area contributed by atoms with Crippen molar-refractivity contribution >= 4 is 22.6 Å². The molecular formula is C17H24ClN3. The summed E-state index contributed by atoms with van der Waals surface area (Å²) in [5, 5.41) is -0.0514. The van der Waals surface area contributed by atoms with Crippen LogP contribution < -0.4 is 0 Å². The average molecular weight is 306 g/mol. The summed E-state index contributed by atoms with van der Waals surface area (Å²) < 4.78 is 2.31. The molecule has 1 aliphatic heterocycles. The first-order valence-corrected chi connectivity index (χ1v) is 8.42. The third kappa shape index (κ3) is 3.24. The van der Waals surface area contributed by atoms with Crippen LogP contribution in [0.4, 0.5) is 0 Å². The molecule has 21 heavy (non-hydrogen) atoms. The number of rotatable bonds is 5. The molecule has 0 spiro atoms. The van der Waals surface area contributed by atoms with Crippen LogP contribution in [0.15, 0.2) is 18.2 Å². The topological polar surface area (TPSA) is 21.1 Å². The van der Waals surface area contributed by atoms with Crippen molar-refractivity contribution in [2.45, 2.75) is 45.0 Å². The van der Waals surface area contributed by atoms with Crippen molar-refractivity contribution in [3.63, 3.8) is 0 Å². The van der Waals surface area contributed by atoms with Crippen LogP contribution in [0.2, 0.25) is 0 Å². The number of benzene rings is 1. The fourth-order valence-corrected chi connectivity index (χ4v) is 3.42. The molecule has 3 rings (SSSR count). The molecule has 1 saturated heterocycles. The fourth-order valence-electron chi connectivity index (χ4n) is 3.26. The van der Waals surface area contributed by atoms with Gasteiger partial charge in [-0.2, -0.15) is 0 Å². The van der Waals surface area contributed by atoms with Crippen molar-refractivity contribution in [2.24, 2.45) is 0 Å². The minimum atomic E-state index is -0.0514. The molecule has 0 amide bonds. The molecular weight excluding hydrogens is 282 g/mol. The standard InChI is InChI=1S/C17H24ClN3/c1-13-6-7-16-15(12-13)19-17(14(2)18)21(16)11-5-10-20-8-3-4-9-20/h6-7,12,14H,3-5,8-11H2,1-2H3. The minimum absolute atomic E-state index is 0.0514. The third-order valence-electron chi connectivity index (χ3n) is 4.34. The van der Waals surface area contributed by atoms with Crippen molar-refractivity contribution in [3.05, 3.63) is 29.6 Å². The summed E-state index contributed by atoms with van der Waals surface area (Å²) in [4.78, 5) is 7.30. The molecule has 0 saturated carbocycles. The highest BCUT2D eigenvalue weighted by atomic mass is 35.5. The molecule has 0 aliphatic carbocycles. The summed E-state index contributed by atoms with van der Waals surface area (Å²) in [7, 11) is 0. The molecule has 0 bridgehead atoms. The quantitative estimate of drug-likeness (QED) is 0.774. The highest BCUT2D eigenvalue weighted by Crippen LogP contribution is 2.25. The Bertz CT molecular complexity index is 612. The number of fused-ring (bicyclic) bond motifs is 1. The first kappa shape index (κ1) is 14.9. The Morgan fingerprint density at radius 3 is 2.71 bits per heavy atom. The molecule has 0 radical (unpaired) electrons. The van der Waals surface area contributed by atoms with Gasteiger partial charge >= 0.3 is 0 Å². The van der Waals surface area contributed by atoms with Crippen LogP contribution in [0.3, 0.4) is 0 Å². The molecule has 1 aliphatic rings. The minimum Gasteiger partial charge on any atom is -0.327 e. The van der Waals surface area contributed by atoms with Gasteiger partial charge in [0.2, 0.25) is 0 Å². The van der Waals surface area contributed by atoms with Crippen LogP contribution >= 0.6 is 11.6 Å². The highest BCUT2D eigenvalue weighted by molar-refractivity contribution is 6.20. The number of alkyl halides is 1. The maximum Gasteiger partial charge on any atom is 0.127 e. The summed E-state index contributed by atoms with van der Waals surface area (Å²) >= 11 is 6.33. The lowest BCUT2D eigenvalue weighted by molar-refractivity contribution is 0.325. The van der Waals surface area contributed by atoms with Crippen molar-refractivity contribution < 1.29 is 0 Å². The Morgan fingerprint density at radius 2 is 2.00 bits per heavy atom. The highest BCUT2D eigenvalue weighted by Gasteiger charge is 2.16. The zero-order valence-electron chi connectivity index (χ0n) is 13.0. The lowest BCUT2D eigenvalue weighted by Gasteiger charge is -2.16. The van der Waals surface area contributed by atoms with E-state index in [4.69, 9.17) is 16.6 Å². The Labute approximate surface area is 131 Å². The number of likely N-dealkylation sites (tertiary alicyclic amines) is 1. The summed E-state index contributed by atoms with van der Waals surface area (Å²) in [5.74, 6) is 0.999. The number of hydrogen-bond acceptors (Lipinski definition) is 2. The Morgan fingerprint density at radius 1 is 1.24 bits per heavy atom. The number of halogens is 1. The van der Waals surface area contributed by atoms with Gasteiger partial charge in [-0.3, -0.25) is 0 Å². The van der Waals surface area contributed by atoms with Gasteiger partial charge in [-0.1, -0.05) is 6.07 Å².